The number of methoxy groups -OCH3 is 1. The highest BCUT2D eigenvalue weighted by Gasteiger charge is 2.09. The summed E-state index contributed by atoms with van der Waals surface area (Å²) in [5.74, 6) is 0. The third kappa shape index (κ3) is 3.42. The molecule has 1 atom stereocenters. The molecule has 0 bridgehead atoms. The van der Waals surface area contributed by atoms with Gasteiger partial charge >= 0.3 is 0 Å². The molecule has 0 spiro atoms. The Labute approximate surface area is 98.0 Å². The van der Waals surface area contributed by atoms with Gasteiger partial charge in [0, 0.05) is 13.2 Å². The molecule has 0 fully saturated rings. The van der Waals surface area contributed by atoms with Crippen molar-refractivity contribution in [1.29, 1.82) is 0 Å². The number of benzene rings is 1. The maximum atomic E-state index is 6.02. The van der Waals surface area contributed by atoms with Crippen LogP contribution in [0.3, 0.4) is 0 Å². The van der Waals surface area contributed by atoms with Crippen molar-refractivity contribution in [3.8, 4) is 0 Å². The molecular formula is C13H22N2O. The van der Waals surface area contributed by atoms with Crippen molar-refractivity contribution in [3.63, 3.8) is 0 Å². The van der Waals surface area contributed by atoms with E-state index in [1.807, 2.05) is 25.1 Å². The third-order valence-electron chi connectivity index (χ3n) is 2.69. The summed E-state index contributed by atoms with van der Waals surface area (Å²) in [6.45, 7) is 4.90. The number of rotatable bonds is 6. The van der Waals surface area contributed by atoms with Gasteiger partial charge in [-0.25, -0.2) is 0 Å². The van der Waals surface area contributed by atoms with Crippen molar-refractivity contribution in [1.82, 2.24) is 0 Å². The van der Waals surface area contributed by atoms with Crippen LogP contribution in [0, 0.1) is 6.92 Å². The van der Waals surface area contributed by atoms with Crippen molar-refractivity contribution in [2.24, 2.45) is 0 Å². The first-order chi connectivity index (χ1) is 7.69. The number of ether oxygens (including phenoxy) is 1. The Kier molecular flexibility index (Phi) is 5.12. The number of nitrogens with one attached hydrogen (secondary N) is 1. The second-order valence-electron chi connectivity index (χ2n) is 4.12. The minimum absolute atomic E-state index is 0.332. The van der Waals surface area contributed by atoms with Gasteiger partial charge in [0.25, 0.3) is 0 Å². The summed E-state index contributed by atoms with van der Waals surface area (Å²) in [6, 6.07) is 6.38. The minimum atomic E-state index is 0.332. The lowest BCUT2D eigenvalue weighted by atomic mass is 10.1. The van der Waals surface area contributed by atoms with Crippen molar-refractivity contribution in [2.45, 2.75) is 32.7 Å². The van der Waals surface area contributed by atoms with E-state index in [4.69, 9.17) is 10.5 Å². The Morgan fingerprint density at radius 2 is 2.19 bits per heavy atom. The van der Waals surface area contributed by atoms with Gasteiger partial charge in [-0.1, -0.05) is 25.5 Å². The standard InChI is InChI=1S/C13H22N2O/c1-4-6-11(9-16-3)15-12-8-5-7-10(2)13(12)14/h5,7-8,11,15H,4,6,9,14H2,1-3H3. The van der Waals surface area contributed by atoms with Crippen LogP contribution in [-0.2, 0) is 4.74 Å². The van der Waals surface area contributed by atoms with Crippen molar-refractivity contribution in [3.05, 3.63) is 23.8 Å². The maximum absolute atomic E-state index is 6.02. The molecule has 0 radical (unpaired) electrons. The zero-order valence-corrected chi connectivity index (χ0v) is 10.4. The fraction of sp³-hybridized carbons (Fsp3) is 0.538. The van der Waals surface area contributed by atoms with Gasteiger partial charge in [-0.2, -0.15) is 0 Å². The maximum Gasteiger partial charge on any atom is 0.0664 e. The number of anilines is 2. The molecule has 3 N–H and O–H groups in total. The predicted octanol–water partition coefficient (Wildman–Crippen LogP) is 2.80. The molecule has 1 unspecified atom stereocenters. The average Bonchev–Trinajstić information content (AvgIpc) is 2.25. The number of aryl methyl sites for hydroxylation is 1. The SMILES string of the molecule is CCCC(COC)Nc1cccc(C)c1N. The highest BCUT2D eigenvalue weighted by Crippen LogP contribution is 2.23. The Bertz CT molecular complexity index is 320. The monoisotopic (exact) mass is 222 g/mol. The molecule has 1 rings (SSSR count). The van der Waals surface area contributed by atoms with Gasteiger partial charge in [0.05, 0.1) is 18.0 Å². The number of para-hydroxylation sites is 1. The number of hydrogen-bond acceptors (Lipinski definition) is 3. The van der Waals surface area contributed by atoms with E-state index < -0.39 is 0 Å². The van der Waals surface area contributed by atoms with E-state index >= 15 is 0 Å². The Morgan fingerprint density at radius 3 is 2.81 bits per heavy atom. The van der Waals surface area contributed by atoms with Gasteiger partial charge in [0.2, 0.25) is 0 Å². The van der Waals surface area contributed by atoms with Crippen LogP contribution in [0.25, 0.3) is 0 Å². The molecule has 3 nitrogen and oxygen atoms in total. The fourth-order valence-electron chi connectivity index (χ4n) is 1.77. The number of nitrogen functional groups attached to an aromatic ring is 1. The first kappa shape index (κ1) is 12.8. The van der Waals surface area contributed by atoms with E-state index in [-0.39, 0.29) is 0 Å². The number of nitrogens with two attached hydrogens (primary N) is 1. The van der Waals surface area contributed by atoms with Gasteiger partial charge in [-0.05, 0) is 25.0 Å². The van der Waals surface area contributed by atoms with Crippen LogP contribution in [0.1, 0.15) is 25.3 Å². The van der Waals surface area contributed by atoms with Crippen LogP contribution in [0.2, 0.25) is 0 Å². The summed E-state index contributed by atoms with van der Waals surface area (Å²) >= 11 is 0. The average molecular weight is 222 g/mol. The summed E-state index contributed by atoms with van der Waals surface area (Å²) in [7, 11) is 1.73. The molecule has 0 saturated heterocycles. The van der Waals surface area contributed by atoms with Gasteiger partial charge in [-0.3, -0.25) is 0 Å². The minimum Gasteiger partial charge on any atom is -0.397 e. The first-order valence-electron chi connectivity index (χ1n) is 5.79. The molecule has 0 saturated carbocycles. The molecule has 16 heavy (non-hydrogen) atoms. The molecular weight excluding hydrogens is 200 g/mol. The summed E-state index contributed by atoms with van der Waals surface area (Å²) in [5, 5.41) is 3.44. The van der Waals surface area contributed by atoms with Crippen LogP contribution in [0.15, 0.2) is 18.2 Å². The van der Waals surface area contributed by atoms with Crippen LogP contribution in [-0.4, -0.2) is 19.8 Å². The van der Waals surface area contributed by atoms with Crippen LogP contribution in [0.4, 0.5) is 11.4 Å². The quantitative estimate of drug-likeness (QED) is 0.728. The Morgan fingerprint density at radius 1 is 1.44 bits per heavy atom. The molecule has 0 aliphatic carbocycles. The van der Waals surface area contributed by atoms with Crippen molar-refractivity contribution >= 4 is 11.4 Å². The molecule has 0 aliphatic heterocycles. The smallest absolute Gasteiger partial charge is 0.0664 e. The lowest BCUT2D eigenvalue weighted by molar-refractivity contribution is 0.182. The van der Waals surface area contributed by atoms with E-state index in [0.29, 0.717) is 12.6 Å². The fourth-order valence-corrected chi connectivity index (χ4v) is 1.77. The van der Waals surface area contributed by atoms with Crippen molar-refractivity contribution in [2.75, 3.05) is 24.8 Å². The summed E-state index contributed by atoms with van der Waals surface area (Å²) in [4.78, 5) is 0. The second kappa shape index (κ2) is 6.38. The zero-order valence-electron chi connectivity index (χ0n) is 10.4. The third-order valence-corrected chi connectivity index (χ3v) is 2.69. The summed E-state index contributed by atoms with van der Waals surface area (Å²) < 4.78 is 5.20. The van der Waals surface area contributed by atoms with E-state index in [2.05, 4.69) is 12.2 Å². The van der Waals surface area contributed by atoms with Gasteiger partial charge < -0.3 is 15.8 Å². The topological polar surface area (TPSA) is 47.3 Å². The summed E-state index contributed by atoms with van der Waals surface area (Å²) in [5.41, 5.74) is 8.97. The molecule has 1 aromatic carbocycles. The van der Waals surface area contributed by atoms with E-state index in [1.54, 1.807) is 7.11 Å². The van der Waals surface area contributed by atoms with Gasteiger partial charge in [0.1, 0.15) is 0 Å². The molecule has 90 valence electrons. The molecule has 0 amide bonds. The molecule has 1 aromatic rings. The Balaban J connectivity index is 2.72. The number of hydrogen-bond donors (Lipinski definition) is 2. The van der Waals surface area contributed by atoms with Gasteiger partial charge in [0.15, 0.2) is 0 Å². The molecule has 3 heteroatoms. The Hall–Kier alpha value is -1.22. The molecule has 0 aliphatic rings. The second-order valence-corrected chi connectivity index (χ2v) is 4.12. The van der Waals surface area contributed by atoms with Crippen LogP contribution >= 0.6 is 0 Å². The highest BCUT2D eigenvalue weighted by molar-refractivity contribution is 5.69. The van der Waals surface area contributed by atoms with Gasteiger partial charge in [-0.15, -0.1) is 0 Å². The first-order valence-corrected chi connectivity index (χ1v) is 5.79. The highest BCUT2D eigenvalue weighted by atomic mass is 16.5. The normalized spacial score (nSPS) is 12.4. The van der Waals surface area contributed by atoms with E-state index in [1.165, 1.54) is 0 Å². The molecule has 0 heterocycles. The largest absolute Gasteiger partial charge is 0.397 e. The van der Waals surface area contributed by atoms with E-state index in [0.717, 1.165) is 29.8 Å². The lowest BCUT2D eigenvalue weighted by Gasteiger charge is -2.20. The zero-order chi connectivity index (χ0) is 12.0. The summed E-state index contributed by atoms with van der Waals surface area (Å²) in [6.07, 6.45) is 2.22. The molecule has 0 aromatic heterocycles. The predicted molar refractivity (Wildman–Crippen MR) is 69.8 cm³/mol. The van der Waals surface area contributed by atoms with Crippen LogP contribution < -0.4 is 11.1 Å². The van der Waals surface area contributed by atoms with Crippen molar-refractivity contribution < 1.29 is 4.74 Å². The van der Waals surface area contributed by atoms with Crippen LogP contribution in [0.5, 0.6) is 0 Å². The van der Waals surface area contributed by atoms with E-state index in [9.17, 15) is 0 Å². The lowest BCUT2D eigenvalue weighted by Crippen LogP contribution is -2.25.